The third-order valence-electron chi connectivity index (χ3n) is 8.81. The van der Waals surface area contributed by atoms with Crippen LogP contribution in [0.2, 0.25) is 0 Å². The highest BCUT2D eigenvalue weighted by Crippen LogP contribution is 2.48. The van der Waals surface area contributed by atoms with Gasteiger partial charge in [-0.15, -0.1) is 0 Å². The summed E-state index contributed by atoms with van der Waals surface area (Å²) in [5.41, 5.74) is 13.3. The summed E-state index contributed by atoms with van der Waals surface area (Å²) in [4.78, 5) is 12.5. The Kier molecular flexibility index (Phi) is 5.72. The first-order valence-corrected chi connectivity index (χ1v) is 15.4. The topological polar surface area (TPSA) is 38.9 Å². The molecule has 0 aliphatic carbocycles. The van der Waals surface area contributed by atoms with E-state index in [0.717, 1.165) is 85.3 Å². The average molecular weight is 580 g/mol. The molecule has 0 N–H and O–H groups in total. The molecule has 214 valence electrons. The quantitative estimate of drug-likeness (QED) is 0.204. The van der Waals surface area contributed by atoms with Gasteiger partial charge in [-0.25, -0.2) is 9.97 Å². The average Bonchev–Trinajstić information content (AvgIpc) is 3.69. The fourth-order valence-electron chi connectivity index (χ4n) is 6.76. The summed E-state index contributed by atoms with van der Waals surface area (Å²) in [5.74, 6) is 2.00. The number of hydrogen-bond donors (Lipinski definition) is 0. The maximum absolute atomic E-state index is 5.06. The lowest BCUT2D eigenvalue weighted by atomic mass is 10.00. The first-order valence-electron chi connectivity index (χ1n) is 15.4. The Labute approximate surface area is 261 Å². The summed E-state index contributed by atoms with van der Waals surface area (Å²) in [6, 6.07) is 51.4. The summed E-state index contributed by atoms with van der Waals surface area (Å²) >= 11 is 0. The van der Waals surface area contributed by atoms with E-state index in [9.17, 15) is 0 Å². The van der Waals surface area contributed by atoms with Crippen LogP contribution in [-0.4, -0.2) is 19.1 Å². The van der Waals surface area contributed by atoms with Crippen molar-refractivity contribution in [1.82, 2.24) is 19.1 Å². The van der Waals surface area contributed by atoms with E-state index in [-0.39, 0.29) is 0 Å². The summed E-state index contributed by atoms with van der Waals surface area (Å²) in [7, 11) is 0. The first kappa shape index (κ1) is 25.5. The number of benzene rings is 6. The molecule has 9 rings (SSSR count). The molecule has 0 spiro atoms. The second-order valence-corrected chi connectivity index (χ2v) is 11.4. The van der Waals surface area contributed by atoms with Crippen LogP contribution >= 0.6 is 0 Å². The lowest BCUT2D eigenvalue weighted by molar-refractivity contribution is 0.900. The molecular weight excluding hydrogens is 550 g/mol. The van der Waals surface area contributed by atoms with Crippen LogP contribution in [0, 0.1) is 0 Å². The number of anilines is 3. The number of aromatic nitrogens is 4. The number of aryl methyl sites for hydroxylation is 1. The van der Waals surface area contributed by atoms with Crippen LogP contribution in [0.15, 0.2) is 146 Å². The highest BCUT2D eigenvalue weighted by Gasteiger charge is 2.29. The van der Waals surface area contributed by atoms with Crippen LogP contribution in [0.25, 0.3) is 56.0 Å². The van der Waals surface area contributed by atoms with Crippen LogP contribution in [0.1, 0.15) is 12.7 Å². The molecule has 45 heavy (non-hydrogen) atoms. The number of hydrogen-bond acceptors (Lipinski definition) is 3. The number of rotatable bonds is 5. The number of nitrogens with zero attached hydrogens (tertiary/aromatic N) is 5. The fraction of sp³-hybridized carbons (Fsp3) is 0.0500. The zero-order valence-electron chi connectivity index (χ0n) is 24.8. The van der Waals surface area contributed by atoms with E-state index in [1.807, 2.05) is 12.1 Å². The SMILES string of the molecule is CCc1nc2cccc3c2n1-c1cc(-c2ccc(-c4nc5ccccc5n4-c4ccccc4)cc2)ccc1N3c1ccccc1. The Morgan fingerprint density at radius 2 is 1.16 bits per heavy atom. The predicted octanol–water partition coefficient (Wildman–Crippen LogP) is 10.0. The largest absolute Gasteiger partial charge is 0.306 e. The van der Waals surface area contributed by atoms with Gasteiger partial charge in [0.05, 0.1) is 39.1 Å². The maximum Gasteiger partial charge on any atom is 0.145 e. The molecule has 8 aromatic rings. The molecule has 3 heterocycles. The Morgan fingerprint density at radius 3 is 1.93 bits per heavy atom. The third kappa shape index (κ3) is 3.94. The Hall–Kier alpha value is -5.94. The van der Waals surface area contributed by atoms with E-state index < -0.39 is 0 Å². The van der Waals surface area contributed by atoms with Crippen molar-refractivity contribution in [3.63, 3.8) is 0 Å². The Morgan fingerprint density at radius 1 is 0.489 bits per heavy atom. The zero-order chi connectivity index (χ0) is 29.9. The predicted molar refractivity (Wildman–Crippen MR) is 184 cm³/mol. The normalized spacial score (nSPS) is 12.2. The Bertz CT molecular complexity index is 2350. The lowest BCUT2D eigenvalue weighted by Gasteiger charge is -2.33. The standard InChI is InChI=1S/C40H29N5/c1-2-38-41-33-17-11-19-36-39(33)45(38)37-26-29(24-25-35(37)43(36)30-12-5-3-6-13-30)27-20-22-28(23-21-27)40-42-32-16-9-10-18-34(32)44(40)31-14-7-4-8-15-31/h3-26H,2H2,1H3. The van der Waals surface area contributed by atoms with Crippen molar-refractivity contribution in [2.45, 2.75) is 13.3 Å². The van der Waals surface area contributed by atoms with Crippen molar-refractivity contribution < 1.29 is 0 Å². The number of para-hydroxylation sites is 5. The molecule has 0 amide bonds. The van der Waals surface area contributed by atoms with Gasteiger partial charge in [-0.2, -0.15) is 0 Å². The highest BCUT2D eigenvalue weighted by atomic mass is 15.2. The van der Waals surface area contributed by atoms with E-state index in [4.69, 9.17) is 9.97 Å². The molecule has 0 saturated carbocycles. The second-order valence-electron chi connectivity index (χ2n) is 11.4. The molecule has 0 saturated heterocycles. The van der Waals surface area contributed by atoms with Crippen molar-refractivity contribution in [3.05, 3.63) is 151 Å². The minimum atomic E-state index is 0.847. The van der Waals surface area contributed by atoms with Gasteiger partial charge in [0, 0.05) is 23.4 Å². The van der Waals surface area contributed by atoms with Gasteiger partial charge in [-0.05, 0) is 71.8 Å². The van der Waals surface area contributed by atoms with Crippen molar-refractivity contribution >= 4 is 39.1 Å². The van der Waals surface area contributed by atoms with Gasteiger partial charge in [-0.3, -0.25) is 9.13 Å². The minimum absolute atomic E-state index is 0.847. The Balaban J connectivity index is 1.18. The molecule has 0 fully saturated rings. The van der Waals surface area contributed by atoms with Crippen LogP contribution in [0.5, 0.6) is 0 Å². The minimum Gasteiger partial charge on any atom is -0.306 e. The van der Waals surface area contributed by atoms with Gasteiger partial charge in [0.15, 0.2) is 0 Å². The van der Waals surface area contributed by atoms with E-state index in [2.05, 4.69) is 154 Å². The van der Waals surface area contributed by atoms with E-state index in [1.54, 1.807) is 0 Å². The number of imidazole rings is 2. The summed E-state index contributed by atoms with van der Waals surface area (Å²) in [6.45, 7) is 2.18. The van der Waals surface area contributed by atoms with Crippen molar-refractivity contribution in [2.24, 2.45) is 0 Å². The zero-order valence-corrected chi connectivity index (χ0v) is 24.8. The molecule has 5 nitrogen and oxygen atoms in total. The molecular formula is C40H29N5. The van der Waals surface area contributed by atoms with Gasteiger partial charge in [0.1, 0.15) is 11.6 Å². The molecule has 0 unspecified atom stereocenters. The van der Waals surface area contributed by atoms with Crippen molar-refractivity contribution in [3.8, 4) is 33.9 Å². The molecule has 5 heteroatoms. The summed E-state index contributed by atoms with van der Waals surface area (Å²) in [6.07, 6.45) is 0.847. The lowest BCUT2D eigenvalue weighted by Crippen LogP contribution is -2.19. The van der Waals surface area contributed by atoms with Crippen molar-refractivity contribution in [2.75, 3.05) is 4.90 Å². The molecule has 0 bridgehead atoms. The van der Waals surface area contributed by atoms with Crippen LogP contribution in [0.4, 0.5) is 17.1 Å². The van der Waals surface area contributed by atoms with Crippen molar-refractivity contribution in [1.29, 1.82) is 0 Å². The monoisotopic (exact) mass is 579 g/mol. The van der Waals surface area contributed by atoms with E-state index in [0.29, 0.717) is 0 Å². The van der Waals surface area contributed by atoms with Crippen LogP contribution < -0.4 is 4.90 Å². The molecule has 1 aliphatic rings. The fourth-order valence-corrected chi connectivity index (χ4v) is 6.76. The maximum atomic E-state index is 5.06. The van der Waals surface area contributed by atoms with E-state index in [1.165, 1.54) is 0 Å². The van der Waals surface area contributed by atoms with Gasteiger partial charge < -0.3 is 4.90 Å². The first-order chi connectivity index (χ1) is 22.3. The smallest absolute Gasteiger partial charge is 0.145 e. The van der Waals surface area contributed by atoms with Crippen LogP contribution in [-0.2, 0) is 6.42 Å². The molecule has 2 aromatic heterocycles. The summed E-state index contributed by atoms with van der Waals surface area (Å²) < 4.78 is 4.61. The second kappa shape index (κ2) is 10.1. The molecule has 0 atom stereocenters. The summed E-state index contributed by atoms with van der Waals surface area (Å²) in [5, 5.41) is 0. The highest BCUT2D eigenvalue weighted by molar-refractivity contribution is 6.02. The van der Waals surface area contributed by atoms with Gasteiger partial charge in [-0.1, -0.05) is 91.9 Å². The molecule has 0 radical (unpaired) electrons. The van der Waals surface area contributed by atoms with E-state index >= 15 is 0 Å². The third-order valence-corrected chi connectivity index (χ3v) is 8.81. The molecule has 6 aromatic carbocycles. The molecule has 1 aliphatic heterocycles. The van der Waals surface area contributed by atoms with Gasteiger partial charge in [0.2, 0.25) is 0 Å². The van der Waals surface area contributed by atoms with Gasteiger partial charge in [0.25, 0.3) is 0 Å². The number of fused-ring (bicyclic) bond motifs is 3. The van der Waals surface area contributed by atoms with Gasteiger partial charge >= 0.3 is 0 Å². The van der Waals surface area contributed by atoms with Crippen LogP contribution in [0.3, 0.4) is 0 Å².